The van der Waals surface area contributed by atoms with Crippen LogP contribution in [-0.2, 0) is 13.1 Å². The van der Waals surface area contributed by atoms with E-state index in [4.69, 9.17) is 9.84 Å². The molecular weight excluding hydrogens is 274 g/mol. The molecule has 0 heterocycles. The molecule has 0 aliphatic carbocycles. The molecule has 2 aromatic carbocycles. The number of aliphatic hydroxyl groups excluding tert-OH is 1. The fourth-order valence-electron chi connectivity index (χ4n) is 1.81. The van der Waals surface area contributed by atoms with Crippen molar-refractivity contribution in [3.05, 3.63) is 65.7 Å². The van der Waals surface area contributed by atoms with Crippen molar-refractivity contribution < 1.29 is 9.84 Å². The van der Waals surface area contributed by atoms with Gasteiger partial charge in [0.15, 0.2) is 0 Å². The van der Waals surface area contributed by atoms with Crippen LogP contribution in [0.3, 0.4) is 0 Å². The summed E-state index contributed by atoms with van der Waals surface area (Å²) < 4.78 is 5.31. The van der Waals surface area contributed by atoms with Gasteiger partial charge in [0.25, 0.3) is 0 Å². The van der Waals surface area contributed by atoms with Gasteiger partial charge >= 0.3 is 0 Å². The van der Waals surface area contributed by atoms with Gasteiger partial charge < -0.3 is 15.2 Å². The molecular formula is C16H20ClNO2. The number of rotatable bonds is 7. The third-order valence-corrected chi connectivity index (χ3v) is 2.78. The highest BCUT2D eigenvalue weighted by Crippen LogP contribution is 2.12. The van der Waals surface area contributed by atoms with Crippen LogP contribution in [0.25, 0.3) is 0 Å². The first-order valence-electron chi connectivity index (χ1n) is 6.46. The van der Waals surface area contributed by atoms with E-state index in [1.807, 2.05) is 42.5 Å². The van der Waals surface area contributed by atoms with Crippen LogP contribution in [0.1, 0.15) is 11.1 Å². The maximum absolute atomic E-state index is 8.67. The van der Waals surface area contributed by atoms with Crippen LogP contribution in [0.15, 0.2) is 54.6 Å². The van der Waals surface area contributed by atoms with Crippen molar-refractivity contribution in [2.75, 3.05) is 13.2 Å². The summed E-state index contributed by atoms with van der Waals surface area (Å²) in [5.74, 6) is 0.792. The second-order valence-electron chi connectivity index (χ2n) is 4.31. The van der Waals surface area contributed by atoms with Crippen LogP contribution in [0, 0.1) is 0 Å². The zero-order valence-corrected chi connectivity index (χ0v) is 12.1. The molecule has 0 spiro atoms. The Morgan fingerprint density at radius 3 is 2.05 bits per heavy atom. The molecule has 108 valence electrons. The summed E-state index contributed by atoms with van der Waals surface area (Å²) in [5, 5.41) is 12.1. The SMILES string of the molecule is Cl.OCCOc1ccc(CNCc2ccccc2)cc1. The normalized spacial score (nSPS) is 9.85. The summed E-state index contributed by atoms with van der Waals surface area (Å²) >= 11 is 0. The summed E-state index contributed by atoms with van der Waals surface area (Å²) in [6, 6.07) is 18.3. The number of hydrogen-bond donors (Lipinski definition) is 2. The Balaban J connectivity index is 0.00000200. The molecule has 0 aromatic heterocycles. The van der Waals surface area contributed by atoms with Crippen LogP contribution in [0.4, 0.5) is 0 Å². The minimum absolute atomic E-state index is 0. The molecule has 2 N–H and O–H groups in total. The molecule has 0 unspecified atom stereocenters. The largest absolute Gasteiger partial charge is 0.491 e. The van der Waals surface area contributed by atoms with Gasteiger partial charge in [-0.15, -0.1) is 12.4 Å². The van der Waals surface area contributed by atoms with E-state index in [0.29, 0.717) is 6.61 Å². The molecule has 0 saturated carbocycles. The van der Waals surface area contributed by atoms with Crippen molar-refractivity contribution in [2.45, 2.75) is 13.1 Å². The first-order chi connectivity index (χ1) is 9.38. The summed E-state index contributed by atoms with van der Waals surface area (Å²) in [4.78, 5) is 0. The van der Waals surface area contributed by atoms with Gasteiger partial charge in [-0.25, -0.2) is 0 Å². The Morgan fingerprint density at radius 2 is 1.45 bits per heavy atom. The van der Waals surface area contributed by atoms with Crippen LogP contribution < -0.4 is 10.1 Å². The van der Waals surface area contributed by atoms with Crippen molar-refractivity contribution in [1.29, 1.82) is 0 Å². The van der Waals surface area contributed by atoms with Crippen LogP contribution in [0.2, 0.25) is 0 Å². The highest BCUT2D eigenvalue weighted by atomic mass is 35.5. The molecule has 0 bridgehead atoms. The fourth-order valence-corrected chi connectivity index (χ4v) is 1.81. The Morgan fingerprint density at radius 1 is 0.850 bits per heavy atom. The van der Waals surface area contributed by atoms with E-state index < -0.39 is 0 Å². The van der Waals surface area contributed by atoms with Crippen molar-refractivity contribution in [1.82, 2.24) is 5.32 Å². The van der Waals surface area contributed by atoms with Crippen LogP contribution >= 0.6 is 12.4 Å². The molecule has 2 rings (SSSR count). The van der Waals surface area contributed by atoms with E-state index in [2.05, 4.69) is 17.4 Å². The van der Waals surface area contributed by atoms with Crippen molar-refractivity contribution in [2.24, 2.45) is 0 Å². The van der Waals surface area contributed by atoms with E-state index in [0.717, 1.165) is 18.8 Å². The van der Waals surface area contributed by atoms with Crippen LogP contribution in [-0.4, -0.2) is 18.3 Å². The lowest BCUT2D eigenvalue weighted by molar-refractivity contribution is 0.201. The van der Waals surface area contributed by atoms with Crippen molar-refractivity contribution >= 4 is 12.4 Å². The predicted octanol–water partition coefficient (Wildman–Crippen LogP) is 2.77. The molecule has 3 nitrogen and oxygen atoms in total. The highest BCUT2D eigenvalue weighted by Gasteiger charge is 1.96. The minimum atomic E-state index is 0. The van der Waals surface area contributed by atoms with E-state index in [1.54, 1.807) is 0 Å². The molecule has 0 aliphatic heterocycles. The zero-order chi connectivity index (χ0) is 13.3. The second-order valence-corrected chi connectivity index (χ2v) is 4.31. The smallest absolute Gasteiger partial charge is 0.119 e. The Bertz CT molecular complexity index is 474. The van der Waals surface area contributed by atoms with Crippen LogP contribution in [0.5, 0.6) is 5.75 Å². The summed E-state index contributed by atoms with van der Waals surface area (Å²) in [7, 11) is 0. The van der Waals surface area contributed by atoms with E-state index in [1.165, 1.54) is 11.1 Å². The standard InChI is InChI=1S/C16H19NO2.ClH/c18-10-11-19-16-8-6-15(7-9-16)13-17-12-14-4-2-1-3-5-14;/h1-9,17-18H,10-13H2;1H. The monoisotopic (exact) mass is 293 g/mol. The summed E-state index contributed by atoms with van der Waals surface area (Å²) in [6.45, 7) is 2.07. The number of benzene rings is 2. The number of halogens is 1. The average Bonchev–Trinajstić information content (AvgIpc) is 2.47. The molecule has 0 saturated heterocycles. The lowest BCUT2D eigenvalue weighted by Gasteiger charge is -2.07. The topological polar surface area (TPSA) is 41.5 Å². The van der Waals surface area contributed by atoms with Gasteiger partial charge in [-0.1, -0.05) is 42.5 Å². The zero-order valence-electron chi connectivity index (χ0n) is 11.3. The van der Waals surface area contributed by atoms with Gasteiger partial charge in [0.05, 0.1) is 6.61 Å². The first-order valence-corrected chi connectivity index (χ1v) is 6.46. The highest BCUT2D eigenvalue weighted by molar-refractivity contribution is 5.85. The third kappa shape index (κ3) is 5.61. The van der Waals surface area contributed by atoms with E-state index >= 15 is 0 Å². The molecule has 2 aromatic rings. The molecule has 0 radical (unpaired) electrons. The number of hydrogen-bond acceptors (Lipinski definition) is 3. The molecule has 0 atom stereocenters. The maximum Gasteiger partial charge on any atom is 0.119 e. The Hall–Kier alpha value is -1.55. The van der Waals surface area contributed by atoms with Gasteiger partial charge in [0.2, 0.25) is 0 Å². The van der Waals surface area contributed by atoms with Gasteiger partial charge in [-0.2, -0.15) is 0 Å². The second kappa shape index (κ2) is 9.37. The third-order valence-electron chi connectivity index (χ3n) is 2.78. The van der Waals surface area contributed by atoms with Gasteiger partial charge in [0, 0.05) is 13.1 Å². The van der Waals surface area contributed by atoms with Crippen molar-refractivity contribution in [3.8, 4) is 5.75 Å². The fraction of sp³-hybridized carbons (Fsp3) is 0.250. The van der Waals surface area contributed by atoms with E-state index in [9.17, 15) is 0 Å². The lowest BCUT2D eigenvalue weighted by atomic mass is 10.2. The number of aliphatic hydroxyl groups is 1. The van der Waals surface area contributed by atoms with Gasteiger partial charge in [-0.05, 0) is 23.3 Å². The number of ether oxygens (including phenoxy) is 1. The maximum atomic E-state index is 8.67. The molecule has 0 fully saturated rings. The minimum Gasteiger partial charge on any atom is -0.491 e. The quantitative estimate of drug-likeness (QED) is 0.825. The van der Waals surface area contributed by atoms with Crippen molar-refractivity contribution in [3.63, 3.8) is 0 Å². The predicted molar refractivity (Wildman–Crippen MR) is 83.3 cm³/mol. The molecule has 4 heteroatoms. The Labute approximate surface area is 126 Å². The lowest BCUT2D eigenvalue weighted by Crippen LogP contribution is -2.12. The summed E-state index contributed by atoms with van der Waals surface area (Å²) in [6.07, 6.45) is 0. The molecule has 20 heavy (non-hydrogen) atoms. The van der Waals surface area contributed by atoms with E-state index in [-0.39, 0.29) is 19.0 Å². The summed E-state index contributed by atoms with van der Waals surface area (Å²) in [5.41, 5.74) is 2.50. The Kier molecular flexibility index (Phi) is 7.73. The number of nitrogens with one attached hydrogen (secondary N) is 1. The molecule has 0 aliphatic rings. The van der Waals surface area contributed by atoms with Gasteiger partial charge in [-0.3, -0.25) is 0 Å². The average molecular weight is 294 g/mol. The molecule has 0 amide bonds. The van der Waals surface area contributed by atoms with Gasteiger partial charge in [0.1, 0.15) is 12.4 Å². The first kappa shape index (κ1) is 16.5.